The van der Waals surface area contributed by atoms with E-state index in [1.54, 1.807) is 37.3 Å². The van der Waals surface area contributed by atoms with Gasteiger partial charge in [0.25, 0.3) is 11.8 Å². The minimum Gasteiger partial charge on any atom is -0.322 e. The first-order valence-corrected chi connectivity index (χ1v) is 11.5. The Kier molecular flexibility index (Phi) is 9.10. The number of anilines is 2. The van der Waals surface area contributed by atoms with Crippen LogP contribution in [-0.2, 0) is 19.2 Å². The third-order valence-corrected chi connectivity index (χ3v) is 5.08. The van der Waals surface area contributed by atoms with Crippen molar-refractivity contribution in [1.82, 2.24) is 10.6 Å². The number of aryl methyl sites for hydroxylation is 1. The molecule has 0 spiro atoms. The highest BCUT2D eigenvalue weighted by Gasteiger charge is 2.15. The van der Waals surface area contributed by atoms with E-state index in [-0.39, 0.29) is 23.2 Å². The van der Waals surface area contributed by atoms with Crippen molar-refractivity contribution in [2.24, 2.45) is 0 Å². The van der Waals surface area contributed by atoms with Gasteiger partial charge in [-0.1, -0.05) is 66.7 Å². The molecular weight excluding hydrogens is 468 g/mol. The molecule has 0 aliphatic carbocycles. The van der Waals surface area contributed by atoms with Gasteiger partial charge in [-0.25, -0.2) is 0 Å². The average molecular weight is 497 g/mol. The molecule has 0 fully saturated rings. The van der Waals surface area contributed by atoms with Gasteiger partial charge in [-0.2, -0.15) is 0 Å². The van der Waals surface area contributed by atoms with E-state index in [0.717, 1.165) is 16.7 Å². The molecule has 37 heavy (non-hydrogen) atoms. The molecule has 8 nitrogen and oxygen atoms in total. The fourth-order valence-corrected chi connectivity index (χ4v) is 3.35. The first-order valence-electron chi connectivity index (χ1n) is 11.5. The highest BCUT2D eigenvalue weighted by atomic mass is 16.2. The lowest BCUT2D eigenvalue weighted by atomic mass is 10.1. The standard InChI is InChI=1S/C29H28N4O4/c1-19-14-15-24(32-28(36)26(30-20(2)34)16-22-10-6-4-7-11-22)18-25(19)33-29(37)27(31-21(3)35)17-23-12-8-5-9-13-23/h4-18H,1-3H3,(H,30,34)(H,31,35)(H,32,36)(H,33,37). The van der Waals surface area contributed by atoms with Crippen LogP contribution in [-0.4, -0.2) is 23.6 Å². The van der Waals surface area contributed by atoms with Gasteiger partial charge >= 0.3 is 0 Å². The predicted molar refractivity (Wildman–Crippen MR) is 145 cm³/mol. The number of rotatable bonds is 8. The van der Waals surface area contributed by atoms with Crippen molar-refractivity contribution in [3.05, 3.63) is 107 Å². The second-order valence-corrected chi connectivity index (χ2v) is 8.24. The molecule has 8 heteroatoms. The number of hydrogen-bond donors (Lipinski definition) is 4. The van der Waals surface area contributed by atoms with Gasteiger partial charge in [-0.15, -0.1) is 0 Å². The van der Waals surface area contributed by atoms with Crippen LogP contribution in [0, 0.1) is 6.92 Å². The summed E-state index contributed by atoms with van der Waals surface area (Å²) in [4.78, 5) is 49.4. The second kappa shape index (κ2) is 12.6. The molecule has 0 heterocycles. The van der Waals surface area contributed by atoms with Gasteiger partial charge < -0.3 is 21.3 Å². The van der Waals surface area contributed by atoms with Gasteiger partial charge in [-0.3, -0.25) is 19.2 Å². The zero-order chi connectivity index (χ0) is 26.8. The number of carbonyl (C=O) groups excluding carboxylic acids is 4. The van der Waals surface area contributed by atoms with E-state index in [9.17, 15) is 19.2 Å². The number of amides is 4. The molecule has 3 aromatic carbocycles. The van der Waals surface area contributed by atoms with Gasteiger partial charge in [0.1, 0.15) is 11.4 Å². The molecule has 0 aliphatic heterocycles. The van der Waals surface area contributed by atoms with Crippen molar-refractivity contribution in [3.63, 3.8) is 0 Å². The molecular formula is C29H28N4O4. The summed E-state index contributed by atoms with van der Waals surface area (Å²) < 4.78 is 0. The summed E-state index contributed by atoms with van der Waals surface area (Å²) in [5.74, 6) is -1.81. The highest BCUT2D eigenvalue weighted by Crippen LogP contribution is 2.22. The fraction of sp³-hybridized carbons (Fsp3) is 0.103. The summed E-state index contributed by atoms with van der Waals surface area (Å²) >= 11 is 0. The van der Waals surface area contributed by atoms with E-state index in [1.165, 1.54) is 13.8 Å². The Morgan fingerprint density at radius 1 is 0.622 bits per heavy atom. The lowest BCUT2D eigenvalue weighted by molar-refractivity contribution is -0.120. The molecule has 0 saturated carbocycles. The molecule has 0 radical (unpaired) electrons. The number of nitrogens with one attached hydrogen (secondary N) is 4. The Morgan fingerprint density at radius 3 is 1.54 bits per heavy atom. The van der Waals surface area contributed by atoms with Crippen molar-refractivity contribution >= 4 is 47.2 Å². The maximum absolute atomic E-state index is 13.0. The van der Waals surface area contributed by atoms with Crippen LogP contribution in [0.4, 0.5) is 11.4 Å². The van der Waals surface area contributed by atoms with Crippen molar-refractivity contribution in [3.8, 4) is 0 Å². The van der Waals surface area contributed by atoms with Gasteiger partial charge in [-0.05, 0) is 47.9 Å². The van der Waals surface area contributed by atoms with Gasteiger partial charge in [0.2, 0.25) is 11.8 Å². The van der Waals surface area contributed by atoms with E-state index >= 15 is 0 Å². The smallest absolute Gasteiger partial charge is 0.272 e. The third kappa shape index (κ3) is 8.32. The molecule has 3 rings (SSSR count). The van der Waals surface area contributed by atoms with Crippen LogP contribution in [0.15, 0.2) is 90.3 Å². The van der Waals surface area contributed by atoms with E-state index in [4.69, 9.17) is 0 Å². The van der Waals surface area contributed by atoms with Crippen LogP contribution >= 0.6 is 0 Å². The second-order valence-electron chi connectivity index (χ2n) is 8.24. The molecule has 0 bridgehead atoms. The largest absolute Gasteiger partial charge is 0.322 e. The van der Waals surface area contributed by atoms with Crippen LogP contribution in [0.3, 0.4) is 0 Å². The van der Waals surface area contributed by atoms with E-state index < -0.39 is 11.8 Å². The van der Waals surface area contributed by atoms with Crippen LogP contribution in [0.2, 0.25) is 0 Å². The Labute approximate surface area is 215 Å². The Balaban J connectivity index is 1.83. The summed E-state index contributed by atoms with van der Waals surface area (Å²) in [6.45, 7) is 4.45. The molecule has 3 aromatic rings. The molecule has 0 saturated heterocycles. The Bertz CT molecular complexity index is 1360. The van der Waals surface area contributed by atoms with Gasteiger partial charge in [0.05, 0.1) is 0 Å². The average Bonchev–Trinajstić information content (AvgIpc) is 2.86. The van der Waals surface area contributed by atoms with E-state index in [0.29, 0.717) is 11.4 Å². The monoisotopic (exact) mass is 496 g/mol. The number of carbonyl (C=O) groups is 4. The lowest BCUT2D eigenvalue weighted by Gasteiger charge is -2.14. The minimum absolute atomic E-state index is 0.0728. The zero-order valence-corrected chi connectivity index (χ0v) is 20.8. The van der Waals surface area contributed by atoms with Crippen LogP contribution in [0.5, 0.6) is 0 Å². The maximum Gasteiger partial charge on any atom is 0.272 e. The summed E-state index contributed by atoms with van der Waals surface area (Å²) in [6, 6.07) is 23.3. The summed E-state index contributed by atoms with van der Waals surface area (Å²) in [7, 11) is 0. The quantitative estimate of drug-likeness (QED) is 0.349. The first kappa shape index (κ1) is 26.6. The SMILES string of the molecule is CC(=O)NC(=Cc1ccccc1)C(=O)Nc1ccc(C)c(NC(=O)C(=Cc2ccccc2)NC(C)=O)c1. The third-order valence-electron chi connectivity index (χ3n) is 5.08. The Hall–Kier alpha value is -4.98. The molecule has 0 aliphatic rings. The molecule has 4 N–H and O–H groups in total. The highest BCUT2D eigenvalue weighted by molar-refractivity contribution is 6.10. The minimum atomic E-state index is -0.525. The molecule has 188 valence electrons. The van der Waals surface area contributed by atoms with Crippen LogP contribution in [0.25, 0.3) is 12.2 Å². The van der Waals surface area contributed by atoms with Crippen molar-refractivity contribution in [1.29, 1.82) is 0 Å². The summed E-state index contributed by atoms with van der Waals surface area (Å²) in [5.41, 5.74) is 3.23. The normalized spacial score (nSPS) is 11.3. The predicted octanol–water partition coefficient (Wildman–Crippen LogP) is 4.23. The fourth-order valence-electron chi connectivity index (χ4n) is 3.35. The van der Waals surface area contributed by atoms with Crippen LogP contribution in [0.1, 0.15) is 30.5 Å². The number of hydrogen-bond acceptors (Lipinski definition) is 4. The van der Waals surface area contributed by atoms with Gasteiger partial charge in [0, 0.05) is 25.2 Å². The summed E-state index contributed by atoms with van der Waals surface area (Å²) in [5, 5.41) is 10.7. The van der Waals surface area contributed by atoms with E-state index in [2.05, 4.69) is 21.3 Å². The topological polar surface area (TPSA) is 116 Å². The van der Waals surface area contributed by atoms with Crippen molar-refractivity contribution in [2.75, 3.05) is 10.6 Å². The molecule has 0 atom stereocenters. The lowest BCUT2D eigenvalue weighted by Crippen LogP contribution is -2.29. The first-order chi connectivity index (χ1) is 17.7. The van der Waals surface area contributed by atoms with E-state index in [1.807, 2.05) is 60.7 Å². The Morgan fingerprint density at radius 2 is 1.08 bits per heavy atom. The maximum atomic E-state index is 13.0. The number of benzene rings is 3. The molecule has 0 unspecified atom stereocenters. The van der Waals surface area contributed by atoms with Crippen LogP contribution < -0.4 is 21.3 Å². The molecule has 0 aromatic heterocycles. The zero-order valence-electron chi connectivity index (χ0n) is 20.8. The van der Waals surface area contributed by atoms with Gasteiger partial charge in [0.15, 0.2) is 0 Å². The van der Waals surface area contributed by atoms with Crippen molar-refractivity contribution in [2.45, 2.75) is 20.8 Å². The molecule has 4 amide bonds. The van der Waals surface area contributed by atoms with Crippen molar-refractivity contribution < 1.29 is 19.2 Å². The summed E-state index contributed by atoms with van der Waals surface area (Å²) in [6.07, 6.45) is 3.15.